The van der Waals surface area contributed by atoms with Gasteiger partial charge in [0.15, 0.2) is 0 Å². The van der Waals surface area contributed by atoms with Gasteiger partial charge in [-0.1, -0.05) is 6.42 Å². The highest BCUT2D eigenvalue weighted by Crippen LogP contribution is 2.23. The number of hydrogen-bond acceptors (Lipinski definition) is 4. The fraction of sp³-hybridized carbons (Fsp3) is 0.917. The van der Waals surface area contributed by atoms with Gasteiger partial charge in [0.1, 0.15) is 6.10 Å². The first kappa shape index (κ1) is 11.9. The quantitative estimate of drug-likeness (QED) is 0.733. The summed E-state index contributed by atoms with van der Waals surface area (Å²) in [6.07, 6.45) is 5.87. The van der Waals surface area contributed by atoms with Gasteiger partial charge >= 0.3 is 5.97 Å². The van der Waals surface area contributed by atoms with Crippen LogP contribution in [0.3, 0.4) is 0 Å². The first-order valence-corrected chi connectivity index (χ1v) is 6.26. The van der Waals surface area contributed by atoms with Gasteiger partial charge < -0.3 is 14.8 Å². The van der Waals surface area contributed by atoms with E-state index in [9.17, 15) is 4.79 Å². The predicted octanol–water partition coefficient (Wildman–Crippen LogP) is 1.10. The summed E-state index contributed by atoms with van der Waals surface area (Å²) in [5, 5.41) is 3.11. The van der Waals surface area contributed by atoms with Crippen molar-refractivity contribution < 1.29 is 14.3 Å². The average molecular weight is 227 g/mol. The van der Waals surface area contributed by atoms with Gasteiger partial charge in [-0.05, 0) is 32.7 Å². The van der Waals surface area contributed by atoms with Crippen LogP contribution in [-0.4, -0.2) is 38.4 Å². The van der Waals surface area contributed by atoms with Crippen molar-refractivity contribution >= 4 is 5.97 Å². The molecule has 16 heavy (non-hydrogen) atoms. The summed E-state index contributed by atoms with van der Waals surface area (Å²) in [5.74, 6) is -0.198. The zero-order chi connectivity index (χ0) is 11.4. The van der Waals surface area contributed by atoms with Crippen LogP contribution in [0.4, 0.5) is 0 Å². The number of likely N-dealkylation sites (N-methyl/N-ethyl adjacent to an activating group) is 1. The molecule has 2 atom stereocenters. The zero-order valence-electron chi connectivity index (χ0n) is 9.91. The third-order valence-electron chi connectivity index (χ3n) is 3.59. The Balaban J connectivity index is 1.82. The summed E-state index contributed by atoms with van der Waals surface area (Å²) in [4.78, 5) is 11.9. The van der Waals surface area contributed by atoms with E-state index in [4.69, 9.17) is 9.47 Å². The maximum absolute atomic E-state index is 11.9. The molecule has 0 radical (unpaired) electrons. The number of rotatable bonds is 3. The Labute approximate surface area is 96.7 Å². The lowest BCUT2D eigenvalue weighted by Crippen LogP contribution is -2.39. The molecule has 1 heterocycles. The fourth-order valence-corrected chi connectivity index (χ4v) is 2.51. The average Bonchev–Trinajstić information content (AvgIpc) is 2.78. The lowest BCUT2D eigenvalue weighted by molar-refractivity contribution is -0.156. The van der Waals surface area contributed by atoms with Crippen molar-refractivity contribution in [3.8, 4) is 0 Å². The van der Waals surface area contributed by atoms with E-state index in [-0.39, 0.29) is 24.0 Å². The molecule has 0 aromatic rings. The van der Waals surface area contributed by atoms with E-state index in [0.29, 0.717) is 13.2 Å². The lowest BCUT2D eigenvalue weighted by Gasteiger charge is -2.24. The van der Waals surface area contributed by atoms with Crippen LogP contribution in [0.1, 0.15) is 32.1 Å². The number of hydrogen-bond donors (Lipinski definition) is 1. The Hall–Kier alpha value is -0.610. The van der Waals surface area contributed by atoms with Gasteiger partial charge in [0.25, 0.3) is 0 Å². The number of carbonyl (C=O) groups excluding carboxylic acids is 1. The van der Waals surface area contributed by atoms with Crippen molar-refractivity contribution in [1.29, 1.82) is 0 Å². The Morgan fingerprint density at radius 2 is 2.00 bits per heavy atom. The summed E-state index contributed by atoms with van der Waals surface area (Å²) in [6.45, 7) is 1.11. The van der Waals surface area contributed by atoms with Gasteiger partial charge in [-0.2, -0.15) is 0 Å². The SMILES string of the molecule is CNC1COCC1C(=O)OC1CCCCC1. The highest BCUT2D eigenvalue weighted by Gasteiger charge is 2.35. The van der Waals surface area contributed by atoms with Crippen LogP contribution in [0.2, 0.25) is 0 Å². The first-order chi connectivity index (χ1) is 7.81. The molecule has 4 heteroatoms. The number of carbonyl (C=O) groups is 1. The van der Waals surface area contributed by atoms with Crippen molar-refractivity contribution in [2.24, 2.45) is 5.92 Å². The summed E-state index contributed by atoms with van der Waals surface area (Å²) >= 11 is 0. The van der Waals surface area contributed by atoms with Crippen molar-refractivity contribution in [1.82, 2.24) is 5.32 Å². The monoisotopic (exact) mass is 227 g/mol. The first-order valence-electron chi connectivity index (χ1n) is 6.26. The minimum atomic E-state index is -0.119. The third kappa shape index (κ3) is 2.74. The Morgan fingerprint density at radius 1 is 1.25 bits per heavy atom. The lowest BCUT2D eigenvalue weighted by atomic mass is 9.97. The minimum absolute atomic E-state index is 0.0799. The molecular weight excluding hydrogens is 206 g/mol. The van der Waals surface area contributed by atoms with Crippen molar-refractivity contribution in [2.45, 2.75) is 44.2 Å². The molecule has 0 aromatic heterocycles. The molecule has 1 aliphatic heterocycles. The van der Waals surface area contributed by atoms with Crippen LogP contribution in [0, 0.1) is 5.92 Å². The topological polar surface area (TPSA) is 47.6 Å². The van der Waals surface area contributed by atoms with E-state index in [1.165, 1.54) is 19.3 Å². The largest absolute Gasteiger partial charge is 0.462 e. The standard InChI is InChI=1S/C12H21NO3/c1-13-11-8-15-7-10(11)12(14)16-9-5-3-2-4-6-9/h9-11,13H,2-8H2,1H3. The Morgan fingerprint density at radius 3 is 2.69 bits per heavy atom. The van der Waals surface area contributed by atoms with Crippen molar-refractivity contribution in [2.75, 3.05) is 20.3 Å². The second-order valence-electron chi connectivity index (χ2n) is 4.74. The van der Waals surface area contributed by atoms with Crippen molar-refractivity contribution in [3.63, 3.8) is 0 Å². The van der Waals surface area contributed by atoms with Crippen LogP contribution in [0.5, 0.6) is 0 Å². The Kier molecular flexibility index (Phi) is 4.18. The van der Waals surface area contributed by atoms with E-state index in [2.05, 4.69) is 5.32 Å². The molecule has 2 aliphatic rings. The second-order valence-corrected chi connectivity index (χ2v) is 4.74. The summed E-state index contributed by atoms with van der Waals surface area (Å²) in [7, 11) is 1.86. The van der Waals surface area contributed by atoms with Gasteiger partial charge in [0, 0.05) is 6.04 Å². The summed E-state index contributed by atoms with van der Waals surface area (Å²) in [6, 6.07) is 0.121. The maximum Gasteiger partial charge on any atom is 0.313 e. The predicted molar refractivity (Wildman–Crippen MR) is 60.1 cm³/mol. The number of nitrogens with one attached hydrogen (secondary N) is 1. The van der Waals surface area contributed by atoms with Gasteiger partial charge in [-0.25, -0.2) is 0 Å². The van der Waals surface area contributed by atoms with E-state index in [1.54, 1.807) is 0 Å². The third-order valence-corrected chi connectivity index (χ3v) is 3.59. The van der Waals surface area contributed by atoms with E-state index >= 15 is 0 Å². The molecule has 1 saturated carbocycles. The van der Waals surface area contributed by atoms with Gasteiger partial charge in [-0.15, -0.1) is 0 Å². The van der Waals surface area contributed by atoms with Crippen LogP contribution in [0.15, 0.2) is 0 Å². The van der Waals surface area contributed by atoms with E-state index < -0.39 is 0 Å². The van der Waals surface area contributed by atoms with Crippen LogP contribution >= 0.6 is 0 Å². The second kappa shape index (κ2) is 5.64. The summed E-state index contributed by atoms with van der Waals surface area (Å²) < 4.78 is 10.9. The fourth-order valence-electron chi connectivity index (χ4n) is 2.51. The smallest absolute Gasteiger partial charge is 0.313 e. The molecule has 4 nitrogen and oxygen atoms in total. The zero-order valence-corrected chi connectivity index (χ0v) is 9.91. The molecule has 0 aromatic carbocycles. The van der Waals surface area contributed by atoms with Crippen LogP contribution in [-0.2, 0) is 14.3 Å². The molecule has 1 N–H and O–H groups in total. The van der Waals surface area contributed by atoms with E-state index in [0.717, 1.165) is 12.8 Å². The number of esters is 1. The van der Waals surface area contributed by atoms with Crippen LogP contribution < -0.4 is 5.32 Å². The molecule has 1 saturated heterocycles. The minimum Gasteiger partial charge on any atom is -0.462 e. The molecule has 0 amide bonds. The Bertz CT molecular complexity index is 238. The highest BCUT2D eigenvalue weighted by molar-refractivity contribution is 5.74. The highest BCUT2D eigenvalue weighted by atomic mass is 16.5. The molecule has 2 rings (SSSR count). The molecular formula is C12H21NO3. The molecule has 0 spiro atoms. The molecule has 2 unspecified atom stereocenters. The van der Waals surface area contributed by atoms with Gasteiger partial charge in [0.05, 0.1) is 19.1 Å². The summed E-state index contributed by atoms with van der Waals surface area (Å²) in [5.41, 5.74) is 0. The number of ether oxygens (including phenoxy) is 2. The maximum atomic E-state index is 11.9. The van der Waals surface area contributed by atoms with Crippen LogP contribution in [0.25, 0.3) is 0 Å². The molecule has 2 fully saturated rings. The van der Waals surface area contributed by atoms with E-state index in [1.807, 2.05) is 7.05 Å². The molecule has 92 valence electrons. The normalized spacial score (nSPS) is 31.6. The van der Waals surface area contributed by atoms with Gasteiger partial charge in [0.2, 0.25) is 0 Å². The molecule has 1 aliphatic carbocycles. The van der Waals surface area contributed by atoms with Gasteiger partial charge in [-0.3, -0.25) is 4.79 Å². The molecule has 0 bridgehead atoms. The van der Waals surface area contributed by atoms with Crippen molar-refractivity contribution in [3.05, 3.63) is 0 Å².